The molecule has 1 aliphatic carbocycles. The van der Waals surface area contributed by atoms with Gasteiger partial charge in [-0.15, -0.1) is 12.8 Å². The van der Waals surface area contributed by atoms with E-state index in [1.807, 2.05) is 25.4 Å². The van der Waals surface area contributed by atoms with Crippen molar-refractivity contribution in [2.24, 2.45) is 5.92 Å². The van der Waals surface area contributed by atoms with Gasteiger partial charge >= 0.3 is 0 Å². The molecular weight excluding hydrogens is 490 g/mol. The summed E-state index contributed by atoms with van der Waals surface area (Å²) < 4.78 is 0. The smallest absolute Gasteiger partial charge is 0.223 e. The molecule has 230 valence electrons. The molecule has 0 spiro atoms. The van der Waals surface area contributed by atoms with Gasteiger partial charge in [0.05, 0.1) is 5.69 Å². The second-order valence-corrected chi connectivity index (χ2v) is 11.1. The van der Waals surface area contributed by atoms with E-state index in [0.29, 0.717) is 12.1 Å². The van der Waals surface area contributed by atoms with Crippen LogP contribution in [0.2, 0.25) is 0 Å². The van der Waals surface area contributed by atoms with E-state index in [-0.39, 0.29) is 0 Å². The fourth-order valence-corrected chi connectivity index (χ4v) is 4.99. The van der Waals surface area contributed by atoms with Crippen LogP contribution >= 0.6 is 0 Å². The molecule has 5 heteroatoms. The summed E-state index contributed by atoms with van der Waals surface area (Å²) in [5, 5.41) is 6.88. The Morgan fingerprint density at radius 2 is 1.62 bits per heavy atom. The standard InChI is InChI=1S/C19H31N5.C11H24.C3H8.C2H2/c1-6-17(14(2)13-24(4)5)18-11-12-21-19(23-18)22-16-9-7-15(20-3)8-10-16;1-4-7-8-10-11(6-3)9-5-2;1-3-2;1-2/h6,11-12,15-16,20H,1,7-10,13H2,2-5H3,(H,21,22,23);11H,4-10H2,1-3H3;3H2,1-2H3;1-2H/b17-14+;;;. The van der Waals surface area contributed by atoms with Crippen LogP contribution in [0.15, 0.2) is 30.5 Å². The summed E-state index contributed by atoms with van der Waals surface area (Å²) in [5.74, 6) is 1.74. The first-order valence-corrected chi connectivity index (χ1v) is 15.9. The molecule has 2 N–H and O–H groups in total. The summed E-state index contributed by atoms with van der Waals surface area (Å²) in [7, 11) is 6.18. The van der Waals surface area contributed by atoms with Gasteiger partial charge in [0, 0.05) is 24.8 Å². The second kappa shape index (κ2) is 27.0. The number of rotatable bonds is 14. The molecule has 0 aliphatic heterocycles. The van der Waals surface area contributed by atoms with Gasteiger partial charge in [-0.05, 0) is 76.9 Å². The predicted molar refractivity (Wildman–Crippen MR) is 181 cm³/mol. The number of hydrogen-bond acceptors (Lipinski definition) is 5. The topological polar surface area (TPSA) is 53.1 Å². The first kappa shape index (κ1) is 40.0. The van der Waals surface area contributed by atoms with Crippen LogP contribution < -0.4 is 10.6 Å². The zero-order chi connectivity index (χ0) is 30.8. The molecule has 2 rings (SSSR count). The van der Waals surface area contributed by atoms with Crippen LogP contribution in [0.4, 0.5) is 5.95 Å². The van der Waals surface area contributed by atoms with Crippen molar-refractivity contribution in [3.05, 3.63) is 36.2 Å². The maximum absolute atomic E-state index is 4.72. The number of unbranched alkanes of at least 4 members (excludes halogenated alkanes) is 2. The normalized spacial score (nSPS) is 17.5. The Balaban J connectivity index is 0. The average molecular weight is 556 g/mol. The maximum atomic E-state index is 4.72. The summed E-state index contributed by atoms with van der Waals surface area (Å²) in [5.41, 5.74) is 3.29. The highest BCUT2D eigenvalue weighted by Gasteiger charge is 2.20. The van der Waals surface area contributed by atoms with Crippen LogP contribution in [0.1, 0.15) is 124 Å². The van der Waals surface area contributed by atoms with Crippen molar-refractivity contribution in [3.63, 3.8) is 0 Å². The number of hydrogen-bond donors (Lipinski definition) is 2. The largest absolute Gasteiger partial charge is 0.351 e. The zero-order valence-corrected chi connectivity index (χ0v) is 27.9. The van der Waals surface area contributed by atoms with Gasteiger partial charge in [-0.25, -0.2) is 9.97 Å². The van der Waals surface area contributed by atoms with Gasteiger partial charge in [-0.3, -0.25) is 0 Å². The van der Waals surface area contributed by atoms with E-state index in [9.17, 15) is 0 Å². The lowest BCUT2D eigenvalue weighted by Gasteiger charge is -2.28. The van der Waals surface area contributed by atoms with E-state index >= 15 is 0 Å². The lowest BCUT2D eigenvalue weighted by molar-refractivity contribution is 0.370. The van der Waals surface area contributed by atoms with Crippen molar-refractivity contribution < 1.29 is 0 Å². The highest BCUT2D eigenvalue weighted by Crippen LogP contribution is 2.23. The molecule has 0 bridgehead atoms. The van der Waals surface area contributed by atoms with Crippen LogP contribution in [-0.2, 0) is 0 Å². The van der Waals surface area contributed by atoms with Crippen molar-refractivity contribution in [2.45, 2.75) is 131 Å². The fraction of sp³-hybridized carbons (Fsp3) is 0.714. The Labute approximate surface area is 250 Å². The molecule has 40 heavy (non-hydrogen) atoms. The number of nitrogens with zero attached hydrogens (tertiary/aromatic N) is 3. The third kappa shape index (κ3) is 19.0. The van der Waals surface area contributed by atoms with Crippen molar-refractivity contribution in [1.29, 1.82) is 0 Å². The van der Waals surface area contributed by atoms with Crippen LogP contribution in [0.5, 0.6) is 0 Å². The van der Waals surface area contributed by atoms with Gasteiger partial charge in [0.25, 0.3) is 0 Å². The summed E-state index contributed by atoms with van der Waals surface area (Å²) >= 11 is 0. The monoisotopic (exact) mass is 556 g/mol. The van der Waals surface area contributed by atoms with Gasteiger partial charge in [-0.2, -0.15) is 0 Å². The zero-order valence-electron chi connectivity index (χ0n) is 27.9. The average Bonchev–Trinajstić information content (AvgIpc) is 2.95. The molecule has 1 heterocycles. The van der Waals surface area contributed by atoms with Gasteiger partial charge in [0.2, 0.25) is 5.95 Å². The number of allylic oxidation sites excluding steroid dienone is 2. The number of nitrogens with one attached hydrogen (secondary N) is 2. The predicted octanol–water partition coefficient (Wildman–Crippen LogP) is 9.00. The molecule has 1 aromatic rings. The van der Waals surface area contributed by atoms with Gasteiger partial charge in [0.15, 0.2) is 0 Å². The summed E-state index contributed by atoms with van der Waals surface area (Å²) in [6.45, 7) is 18.1. The fourth-order valence-electron chi connectivity index (χ4n) is 4.99. The minimum Gasteiger partial charge on any atom is -0.351 e. The van der Waals surface area contributed by atoms with Crippen LogP contribution in [0.3, 0.4) is 0 Å². The molecule has 5 nitrogen and oxygen atoms in total. The summed E-state index contributed by atoms with van der Waals surface area (Å²) in [4.78, 5) is 11.3. The molecule has 1 aliphatic rings. The van der Waals surface area contributed by atoms with E-state index in [2.05, 4.69) is 95.6 Å². The lowest BCUT2D eigenvalue weighted by Crippen LogP contribution is -2.35. The number of anilines is 1. The highest BCUT2D eigenvalue weighted by molar-refractivity contribution is 5.74. The van der Waals surface area contributed by atoms with Crippen molar-refractivity contribution >= 4 is 11.5 Å². The van der Waals surface area contributed by atoms with E-state index in [1.165, 1.54) is 69.8 Å². The molecule has 0 aromatic carbocycles. The molecule has 1 unspecified atom stereocenters. The first-order chi connectivity index (χ1) is 19.3. The Bertz CT molecular complexity index is 775. The highest BCUT2D eigenvalue weighted by atomic mass is 15.1. The second-order valence-electron chi connectivity index (χ2n) is 11.1. The Morgan fingerprint density at radius 1 is 1.02 bits per heavy atom. The maximum Gasteiger partial charge on any atom is 0.223 e. The van der Waals surface area contributed by atoms with E-state index in [0.717, 1.165) is 42.5 Å². The van der Waals surface area contributed by atoms with E-state index in [1.54, 1.807) is 0 Å². The minimum atomic E-state index is 0.462. The van der Waals surface area contributed by atoms with Crippen molar-refractivity contribution in [1.82, 2.24) is 20.2 Å². The Morgan fingerprint density at radius 3 is 2.10 bits per heavy atom. The third-order valence-electron chi connectivity index (χ3n) is 7.11. The SMILES string of the molecule is C#C.C=C/C(=C(/C)CN(C)C)c1ccnc(NC2CCC(NC)CC2)n1.CCC.CCCCCC(CC)CCC. The van der Waals surface area contributed by atoms with Crippen molar-refractivity contribution in [3.8, 4) is 12.8 Å². The molecule has 1 saturated carbocycles. The first-order valence-electron chi connectivity index (χ1n) is 15.9. The van der Waals surface area contributed by atoms with E-state index < -0.39 is 0 Å². The molecule has 0 saturated heterocycles. The van der Waals surface area contributed by atoms with Crippen LogP contribution in [0, 0.1) is 18.8 Å². The molecule has 1 aromatic heterocycles. The Hall–Kier alpha value is -2.16. The molecular formula is C35H65N5. The number of likely N-dealkylation sites (N-methyl/N-ethyl adjacent to an activating group) is 1. The molecule has 1 atom stereocenters. The number of terminal acetylenes is 1. The summed E-state index contributed by atoms with van der Waals surface area (Å²) in [6, 6.07) is 3.07. The summed E-state index contributed by atoms with van der Waals surface area (Å²) in [6.07, 6.45) is 27.6. The molecule has 0 amide bonds. The third-order valence-corrected chi connectivity index (χ3v) is 7.11. The quantitative estimate of drug-likeness (QED) is 0.136. The minimum absolute atomic E-state index is 0.462. The van der Waals surface area contributed by atoms with Crippen molar-refractivity contribution in [2.75, 3.05) is 33.0 Å². The van der Waals surface area contributed by atoms with Crippen LogP contribution in [-0.4, -0.2) is 54.6 Å². The molecule has 1 fully saturated rings. The lowest BCUT2D eigenvalue weighted by atomic mass is 9.91. The van der Waals surface area contributed by atoms with Crippen LogP contribution in [0.25, 0.3) is 5.57 Å². The van der Waals surface area contributed by atoms with Gasteiger partial charge in [0.1, 0.15) is 0 Å². The van der Waals surface area contributed by atoms with E-state index in [4.69, 9.17) is 4.98 Å². The van der Waals surface area contributed by atoms with Gasteiger partial charge in [-0.1, -0.05) is 98.6 Å². The number of aromatic nitrogens is 2. The Kier molecular flexibility index (Phi) is 27.0. The molecule has 0 radical (unpaired) electrons. The van der Waals surface area contributed by atoms with Gasteiger partial charge < -0.3 is 15.5 Å².